The van der Waals surface area contributed by atoms with E-state index in [9.17, 15) is 28.4 Å². The number of alkyl halides is 2. The van der Waals surface area contributed by atoms with E-state index in [0.29, 0.717) is 41.7 Å². The molecule has 3 aromatic rings. The van der Waals surface area contributed by atoms with Gasteiger partial charge < -0.3 is 30.5 Å². The molecule has 0 unspecified atom stereocenters. The van der Waals surface area contributed by atoms with E-state index >= 15 is 0 Å². The van der Waals surface area contributed by atoms with Gasteiger partial charge in [-0.05, 0) is 63.1 Å². The van der Waals surface area contributed by atoms with Crippen LogP contribution in [0.5, 0.6) is 0 Å². The molecule has 12 nitrogen and oxygen atoms in total. The summed E-state index contributed by atoms with van der Waals surface area (Å²) >= 11 is 0. The molecule has 2 fully saturated rings. The van der Waals surface area contributed by atoms with Crippen LogP contribution in [0.4, 0.5) is 19.3 Å². The molecule has 0 aliphatic carbocycles. The lowest BCUT2D eigenvalue weighted by Crippen LogP contribution is -2.50. The third kappa shape index (κ3) is 9.28. The van der Waals surface area contributed by atoms with Crippen molar-refractivity contribution in [2.75, 3.05) is 64.3 Å². The second-order valence-electron chi connectivity index (χ2n) is 14.1. The molecular formula is C37H46F2N8O4. The lowest BCUT2D eigenvalue weighted by atomic mass is 9.96. The number of rotatable bonds is 10. The number of ether oxygens (including phenoxy) is 1. The van der Waals surface area contributed by atoms with E-state index in [0.717, 1.165) is 48.8 Å². The number of nitrogens with two attached hydrogens (primary N) is 1. The van der Waals surface area contributed by atoms with Gasteiger partial charge in [-0.1, -0.05) is 24.3 Å². The van der Waals surface area contributed by atoms with Crippen LogP contribution in [0, 0.1) is 11.3 Å². The number of hydrogen-bond donors (Lipinski definition) is 2. The molecule has 3 amide bonds. The molecular weight excluding hydrogens is 658 g/mol. The second kappa shape index (κ2) is 15.6. The Morgan fingerprint density at radius 2 is 1.82 bits per heavy atom. The lowest BCUT2D eigenvalue weighted by Gasteiger charge is -2.35. The van der Waals surface area contributed by atoms with Gasteiger partial charge in [-0.25, -0.2) is 13.6 Å². The van der Waals surface area contributed by atoms with Crippen molar-refractivity contribution in [1.29, 1.82) is 5.26 Å². The molecule has 3 heterocycles. The molecule has 1 atom stereocenters. The summed E-state index contributed by atoms with van der Waals surface area (Å²) in [6.07, 6.45) is 1.45. The van der Waals surface area contributed by atoms with Crippen molar-refractivity contribution in [2.24, 2.45) is 5.73 Å². The zero-order valence-electron chi connectivity index (χ0n) is 29.6. The summed E-state index contributed by atoms with van der Waals surface area (Å²) in [4.78, 5) is 50.9. The Balaban J connectivity index is 1.31. The average molecular weight is 705 g/mol. The van der Waals surface area contributed by atoms with Crippen molar-refractivity contribution in [1.82, 2.24) is 25.0 Å². The number of nitrogens with one attached hydrogen (secondary N) is 1. The minimum atomic E-state index is -3.16. The maximum Gasteiger partial charge on any atom is 0.410 e. The van der Waals surface area contributed by atoms with E-state index in [-0.39, 0.29) is 11.7 Å². The van der Waals surface area contributed by atoms with Crippen molar-refractivity contribution >= 4 is 34.5 Å². The Labute approximate surface area is 297 Å². The molecule has 5 rings (SSSR count). The first-order chi connectivity index (χ1) is 24.2. The average Bonchev–Trinajstić information content (AvgIpc) is 3.43. The molecule has 14 heteroatoms. The fraction of sp³-hybridized carbons (Fsp3) is 0.486. The number of aromatic nitrogens is 1. The van der Waals surface area contributed by atoms with Crippen LogP contribution >= 0.6 is 0 Å². The molecule has 2 saturated heterocycles. The third-order valence-corrected chi connectivity index (χ3v) is 9.15. The first-order valence-electron chi connectivity index (χ1n) is 17.2. The van der Waals surface area contributed by atoms with E-state index in [1.165, 1.54) is 0 Å². The molecule has 2 aliphatic heterocycles. The van der Waals surface area contributed by atoms with E-state index in [2.05, 4.69) is 20.1 Å². The molecule has 0 saturated carbocycles. The molecule has 272 valence electrons. The molecule has 0 radical (unpaired) electrons. The van der Waals surface area contributed by atoms with Gasteiger partial charge in [0.05, 0.1) is 30.2 Å². The summed E-state index contributed by atoms with van der Waals surface area (Å²) in [5.41, 5.74) is 9.14. The number of nitrogens with zero attached hydrogens (tertiary/aromatic N) is 6. The van der Waals surface area contributed by atoms with Gasteiger partial charge in [-0.2, -0.15) is 5.26 Å². The van der Waals surface area contributed by atoms with Gasteiger partial charge in [0.25, 0.3) is 11.8 Å². The van der Waals surface area contributed by atoms with Crippen LogP contribution < -0.4 is 16.0 Å². The summed E-state index contributed by atoms with van der Waals surface area (Å²) in [5.74, 6) is -4.49. The first kappa shape index (κ1) is 37.4. The number of nitriles is 1. The van der Waals surface area contributed by atoms with Gasteiger partial charge in [0.2, 0.25) is 5.91 Å². The minimum Gasteiger partial charge on any atom is -0.444 e. The van der Waals surface area contributed by atoms with Gasteiger partial charge in [-0.15, -0.1) is 0 Å². The van der Waals surface area contributed by atoms with Crippen molar-refractivity contribution in [3.05, 3.63) is 59.8 Å². The van der Waals surface area contributed by atoms with Gasteiger partial charge in [-0.3, -0.25) is 19.5 Å². The molecule has 0 bridgehead atoms. The molecule has 2 aliphatic rings. The first-order valence-corrected chi connectivity index (χ1v) is 17.2. The zero-order chi connectivity index (χ0) is 36.9. The number of carbonyl (C=O) groups excluding carboxylic acids is 3. The highest BCUT2D eigenvalue weighted by Gasteiger charge is 2.47. The normalized spacial score (nSPS) is 17.6. The highest BCUT2D eigenvalue weighted by Crippen LogP contribution is 2.33. The summed E-state index contributed by atoms with van der Waals surface area (Å²) in [6.45, 7) is 8.83. The van der Waals surface area contributed by atoms with Crippen molar-refractivity contribution < 1.29 is 27.9 Å². The third-order valence-electron chi connectivity index (χ3n) is 9.15. The van der Waals surface area contributed by atoms with Crippen molar-refractivity contribution in [3.63, 3.8) is 0 Å². The van der Waals surface area contributed by atoms with Gasteiger partial charge in [0.1, 0.15) is 11.6 Å². The zero-order valence-corrected chi connectivity index (χ0v) is 29.6. The van der Waals surface area contributed by atoms with Crippen LogP contribution in [0.15, 0.2) is 48.7 Å². The van der Waals surface area contributed by atoms with E-state index < -0.39 is 48.9 Å². The van der Waals surface area contributed by atoms with E-state index in [1.54, 1.807) is 17.2 Å². The van der Waals surface area contributed by atoms with Crippen LogP contribution in [-0.4, -0.2) is 115 Å². The van der Waals surface area contributed by atoms with Crippen LogP contribution in [-0.2, 0) is 16.1 Å². The Morgan fingerprint density at radius 1 is 1.12 bits per heavy atom. The Bertz CT molecular complexity index is 1780. The fourth-order valence-corrected chi connectivity index (χ4v) is 6.38. The summed E-state index contributed by atoms with van der Waals surface area (Å²) in [7, 11) is 1.97. The van der Waals surface area contributed by atoms with Gasteiger partial charge >= 0.3 is 6.09 Å². The number of carbonyl (C=O) groups is 3. The second-order valence-corrected chi connectivity index (χ2v) is 14.1. The maximum absolute atomic E-state index is 14.0. The van der Waals surface area contributed by atoms with E-state index in [1.807, 2.05) is 70.3 Å². The number of benzene rings is 2. The Hall–Kier alpha value is -4.87. The van der Waals surface area contributed by atoms with E-state index in [4.69, 9.17) is 10.5 Å². The number of hydrogen-bond acceptors (Lipinski definition) is 9. The van der Waals surface area contributed by atoms with Crippen LogP contribution in [0.2, 0.25) is 0 Å². The maximum atomic E-state index is 14.0. The SMILES string of the molecule is CN(CCCN1CCN(C(=O)OC(C)(C)C)CC1)c1ccc2ncc(-c3ccc(CN)cc3)c(C(=O)NCC(=O)N3CC(F)(F)C[C@H]3C#N)c2c1. The van der Waals surface area contributed by atoms with Crippen molar-refractivity contribution in [3.8, 4) is 17.2 Å². The number of anilines is 1. The summed E-state index contributed by atoms with van der Waals surface area (Å²) < 4.78 is 33.5. The predicted octanol–water partition coefficient (Wildman–Crippen LogP) is 4.23. The summed E-state index contributed by atoms with van der Waals surface area (Å²) in [6, 6.07) is 13.6. The number of halogens is 2. The van der Waals surface area contributed by atoms with Gasteiger partial charge in [0.15, 0.2) is 0 Å². The lowest BCUT2D eigenvalue weighted by molar-refractivity contribution is -0.131. The molecule has 51 heavy (non-hydrogen) atoms. The Kier molecular flexibility index (Phi) is 11.4. The Morgan fingerprint density at radius 3 is 2.47 bits per heavy atom. The number of likely N-dealkylation sites (tertiary alicyclic amines) is 1. The molecule has 2 aromatic carbocycles. The minimum absolute atomic E-state index is 0.285. The highest BCUT2D eigenvalue weighted by atomic mass is 19.3. The quantitative estimate of drug-likeness (QED) is 0.317. The number of piperazine rings is 1. The number of pyridine rings is 1. The standard InChI is InChI=1S/C37H46F2N8O4/c1-36(2,3)51-35(50)46-16-14-45(15-17-46)13-5-12-44(4)27-10-11-31-29(18-27)33(30(22-42-31)26-8-6-25(20-40)7-9-26)34(49)43-23-32(48)47-24-37(38,39)19-28(47)21-41/h6-11,18,22,28H,5,12-17,19-20,23-24,40H2,1-4H3,(H,43,49)/t28-/m0/s1. The molecule has 0 spiro atoms. The highest BCUT2D eigenvalue weighted by molar-refractivity contribution is 6.12. The van der Waals surface area contributed by atoms with Crippen LogP contribution in [0.1, 0.15) is 49.5 Å². The molecule has 3 N–H and O–H groups in total. The smallest absolute Gasteiger partial charge is 0.410 e. The van der Waals surface area contributed by atoms with Crippen LogP contribution in [0.25, 0.3) is 22.0 Å². The van der Waals surface area contributed by atoms with Crippen LogP contribution in [0.3, 0.4) is 0 Å². The number of amides is 3. The van der Waals surface area contributed by atoms with Gasteiger partial charge in [0, 0.05) is 75.6 Å². The molecule has 1 aromatic heterocycles. The summed E-state index contributed by atoms with van der Waals surface area (Å²) in [5, 5.41) is 12.5. The topological polar surface area (TPSA) is 148 Å². The largest absolute Gasteiger partial charge is 0.444 e. The fourth-order valence-electron chi connectivity index (χ4n) is 6.38. The van der Waals surface area contributed by atoms with Crippen molar-refractivity contribution in [2.45, 2.75) is 57.7 Å². The monoisotopic (exact) mass is 704 g/mol. The number of fused-ring (bicyclic) bond motifs is 1. The predicted molar refractivity (Wildman–Crippen MR) is 190 cm³/mol.